The fraction of sp³-hybridized carbons (Fsp3) is 0.458. The van der Waals surface area contributed by atoms with Gasteiger partial charge in [-0.1, -0.05) is 12.1 Å². The molecule has 0 saturated heterocycles. The first-order chi connectivity index (χ1) is 16.6. The van der Waals surface area contributed by atoms with Crippen molar-refractivity contribution in [1.29, 1.82) is 0 Å². The van der Waals surface area contributed by atoms with Gasteiger partial charge in [-0.25, -0.2) is 9.37 Å². The Bertz CT molecular complexity index is 1220. The lowest BCUT2D eigenvalue weighted by Gasteiger charge is -2.37. The summed E-state index contributed by atoms with van der Waals surface area (Å²) < 4.78 is 14.4. The van der Waals surface area contributed by atoms with E-state index < -0.39 is 46.1 Å². The van der Waals surface area contributed by atoms with E-state index in [1.165, 1.54) is 40.8 Å². The highest BCUT2D eigenvalue weighted by Gasteiger charge is 2.46. The van der Waals surface area contributed by atoms with Crippen LogP contribution in [0.25, 0.3) is 0 Å². The topological polar surface area (TPSA) is 134 Å². The first-order valence-electron chi connectivity index (χ1n) is 11.6. The highest BCUT2D eigenvalue weighted by atomic mass is 19.1. The molecule has 3 N–H and O–H groups in total. The maximum atomic E-state index is 13.1. The molecule has 3 heterocycles. The number of nitrogens with one attached hydrogen (secondary N) is 2. The predicted octanol–water partition coefficient (Wildman–Crippen LogP) is 1.01. The Kier molecular flexibility index (Phi) is 6.60. The van der Waals surface area contributed by atoms with Crippen LogP contribution < -0.4 is 16.2 Å². The molecule has 0 radical (unpaired) electrons. The van der Waals surface area contributed by atoms with Crippen molar-refractivity contribution in [1.82, 2.24) is 25.1 Å². The van der Waals surface area contributed by atoms with E-state index in [-0.39, 0.29) is 18.3 Å². The van der Waals surface area contributed by atoms with Crippen molar-refractivity contribution in [2.45, 2.75) is 51.2 Å². The minimum atomic E-state index is -1.12. The summed E-state index contributed by atoms with van der Waals surface area (Å²) in [6.45, 7) is 2.42. The molecule has 0 unspecified atom stereocenters. The van der Waals surface area contributed by atoms with Crippen LogP contribution in [0.4, 0.5) is 4.39 Å². The number of rotatable bonds is 5. The Labute approximate surface area is 201 Å². The van der Waals surface area contributed by atoms with Gasteiger partial charge in [0.15, 0.2) is 5.69 Å². The summed E-state index contributed by atoms with van der Waals surface area (Å²) in [6.07, 6.45) is 2.27. The standard InChI is InChI=1S/C24H28FN5O5/c1-3-29(2)22(35)20(33)28-24-10-8-15(9-11-24)13-30-21(34)18(31)17(27-23(24)30)19(32)26-12-14-4-6-16(25)7-5-14/h4-7,15,31H,3,8-13H2,1-2H3,(H,26,32)(H,28,33). The minimum absolute atomic E-state index is 0.0282. The van der Waals surface area contributed by atoms with Crippen molar-refractivity contribution >= 4 is 17.7 Å². The van der Waals surface area contributed by atoms with E-state index >= 15 is 0 Å². The summed E-state index contributed by atoms with van der Waals surface area (Å²) in [6, 6.07) is 5.52. The lowest BCUT2D eigenvalue weighted by Crippen LogP contribution is -2.53. The molecule has 0 atom stereocenters. The zero-order chi connectivity index (χ0) is 25.3. The van der Waals surface area contributed by atoms with Crippen LogP contribution in [0.3, 0.4) is 0 Å². The zero-order valence-corrected chi connectivity index (χ0v) is 19.6. The number of likely N-dealkylation sites (N-methyl/N-ethyl adjacent to an activating group) is 1. The van der Waals surface area contributed by atoms with E-state index in [0.717, 1.165) is 0 Å². The van der Waals surface area contributed by atoms with Crippen LogP contribution in [0.1, 0.15) is 54.5 Å². The van der Waals surface area contributed by atoms with E-state index in [9.17, 15) is 28.7 Å². The molecule has 10 nitrogen and oxygen atoms in total. The van der Waals surface area contributed by atoms with Gasteiger partial charge in [-0.3, -0.25) is 23.7 Å². The molecule has 11 heteroatoms. The van der Waals surface area contributed by atoms with Gasteiger partial charge >= 0.3 is 11.8 Å². The van der Waals surface area contributed by atoms with E-state index in [0.29, 0.717) is 44.3 Å². The average molecular weight is 486 g/mol. The molecule has 2 bridgehead atoms. The van der Waals surface area contributed by atoms with Crippen LogP contribution in [0.2, 0.25) is 0 Å². The van der Waals surface area contributed by atoms with Crippen LogP contribution in [-0.4, -0.2) is 50.9 Å². The fourth-order valence-corrected chi connectivity index (χ4v) is 4.71. The molecule has 1 saturated carbocycles. The maximum Gasteiger partial charge on any atom is 0.311 e. The number of hydrogen-bond acceptors (Lipinski definition) is 6. The first kappa shape index (κ1) is 24.4. The molecule has 3 aliphatic rings. The molecule has 186 valence electrons. The molecule has 1 aliphatic carbocycles. The minimum Gasteiger partial charge on any atom is -0.501 e. The number of aromatic hydroxyl groups is 1. The van der Waals surface area contributed by atoms with Crippen LogP contribution >= 0.6 is 0 Å². The Morgan fingerprint density at radius 2 is 1.89 bits per heavy atom. The van der Waals surface area contributed by atoms with Crippen molar-refractivity contribution in [3.8, 4) is 5.75 Å². The SMILES string of the molecule is CCN(C)C(=O)C(=O)NC12CCC(CC1)Cn1c2nc(C(=O)NCc2ccc(F)cc2)c(O)c1=O. The van der Waals surface area contributed by atoms with Gasteiger partial charge in [0.05, 0.1) is 5.54 Å². The monoisotopic (exact) mass is 485 g/mol. The quantitative estimate of drug-likeness (QED) is 0.542. The summed E-state index contributed by atoms with van der Waals surface area (Å²) in [5.41, 5.74) is -1.73. The van der Waals surface area contributed by atoms with Crippen LogP contribution in [0, 0.1) is 11.7 Å². The molecular formula is C24H28FN5O5. The second-order valence-electron chi connectivity index (χ2n) is 9.16. The van der Waals surface area contributed by atoms with E-state index in [1.54, 1.807) is 6.92 Å². The van der Waals surface area contributed by atoms with Gasteiger partial charge in [-0.05, 0) is 56.2 Å². The maximum absolute atomic E-state index is 13.1. The van der Waals surface area contributed by atoms with Gasteiger partial charge in [0.1, 0.15) is 11.6 Å². The lowest BCUT2D eigenvalue weighted by atomic mass is 9.77. The average Bonchev–Trinajstić information content (AvgIpc) is 3.10. The van der Waals surface area contributed by atoms with Crippen molar-refractivity contribution < 1.29 is 23.9 Å². The number of amides is 3. The van der Waals surface area contributed by atoms with E-state index in [1.807, 2.05) is 0 Å². The number of carbonyl (C=O) groups excluding carboxylic acids is 3. The Morgan fingerprint density at radius 1 is 1.23 bits per heavy atom. The molecule has 3 amide bonds. The summed E-state index contributed by atoms with van der Waals surface area (Å²) in [4.78, 5) is 56.9. The highest BCUT2D eigenvalue weighted by Crippen LogP contribution is 2.42. The molecule has 5 rings (SSSR count). The van der Waals surface area contributed by atoms with Gasteiger partial charge < -0.3 is 20.6 Å². The third-order valence-corrected chi connectivity index (χ3v) is 6.92. The Balaban J connectivity index is 1.69. The lowest BCUT2D eigenvalue weighted by molar-refractivity contribution is -0.146. The van der Waals surface area contributed by atoms with Crippen molar-refractivity contribution in [3.63, 3.8) is 0 Å². The molecule has 1 aromatic heterocycles. The van der Waals surface area contributed by atoms with Crippen LogP contribution in [-0.2, 0) is 28.2 Å². The summed E-state index contributed by atoms with van der Waals surface area (Å²) in [7, 11) is 1.52. The van der Waals surface area contributed by atoms with Crippen molar-refractivity contribution in [2.75, 3.05) is 13.6 Å². The van der Waals surface area contributed by atoms with Crippen LogP contribution in [0.15, 0.2) is 29.1 Å². The first-order valence-corrected chi connectivity index (χ1v) is 11.6. The zero-order valence-electron chi connectivity index (χ0n) is 19.6. The second kappa shape index (κ2) is 9.47. The molecule has 2 aromatic rings. The number of hydrogen-bond donors (Lipinski definition) is 3. The van der Waals surface area contributed by atoms with Crippen LogP contribution in [0.5, 0.6) is 5.75 Å². The van der Waals surface area contributed by atoms with Crippen molar-refractivity contribution in [3.05, 3.63) is 57.5 Å². The molecule has 1 fully saturated rings. The van der Waals surface area contributed by atoms with Crippen molar-refractivity contribution in [2.24, 2.45) is 5.92 Å². The largest absolute Gasteiger partial charge is 0.501 e. The van der Waals surface area contributed by atoms with Gasteiger partial charge in [-0.2, -0.15) is 0 Å². The molecule has 0 spiro atoms. The number of aromatic nitrogens is 2. The number of nitrogens with zero attached hydrogens (tertiary/aromatic N) is 3. The third kappa shape index (κ3) is 4.62. The third-order valence-electron chi connectivity index (χ3n) is 6.92. The smallest absolute Gasteiger partial charge is 0.311 e. The Hall–Kier alpha value is -3.76. The highest BCUT2D eigenvalue weighted by molar-refractivity contribution is 6.35. The molecule has 1 aromatic carbocycles. The normalized spacial score (nSPS) is 20.5. The molecule has 2 aliphatic heterocycles. The fourth-order valence-electron chi connectivity index (χ4n) is 4.71. The van der Waals surface area contributed by atoms with E-state index in [4.69, 9.17) is 0 Å². The summed E-state index contributed by atoms with van der Waals surface area (Å²) in [5, 5.41) is 15.9. The Morgan fingerprint density at radius 3 is 2.51 bits per heavy atom. The van der Waals surface area contributed by atoms with Gasteiger partial charge in [0.25, 0.3) is 11.5 Å². The summed E-state index contributed by atoms with van der Waals surface area (Å²) in [5.74, 6) is -3.20. The molecular weight excluding hydrogens is 457 g/mol. The predicted molar refractivity (Wildman–Crippen MR) is 123 cm³/mol. The number of benzene rings is 1. The second-order valence-corrected chi connectivity index (χ2v) is 9.16. The number of fused-ring (bicyclic) bond motifs is 2. The van der Waals surface area contributed by atoms with Gasteiger partial charge in [-0.15, -0.1) is 0 Å². The van der Waals surface area contributed by atoms with Gasteiger partial charge in [0, 0.05) is 26.7 Å². The van der Waals surface area contributed by atoms with Gasteiger partial charge in [0.2, 0.25) is 5.75 Å². The molecule has 35 heavy (non-hydrogen) atoms. The van der Waals surface area contributed by atoms with E-state index in [2.05, 4.69) is 15.6 Å². The number of halogens is 1. The summed E-state index contributed by atoms with van der Waals surface area (Å²) >= 11 is 0. The number of carbonyl (C=O) groups is 3.